The van der Waals surface area contributed by atoms with Gasteiger partial charge < -0.3 is 15.2 Å². The Morgan fingerprint density at radius 1 is 0.880 bits per heavy atom. The molecule has 3 aromatic carbocycles. The van der Waals surface area contributed by atoms with E-state index < -0.39 is 12.1 Å². The third-order valence-electron chi connectivity index (χ3n) is 3.88. The van der Waals surface area contributed by atoms with Crippen LogP contribution in [0.25, 0.3) is 10.8 Å². The molecule has 5 heteroatoms. The lowest BCUT2D eigenvalue weighted by molar-refractivity contribution is 0.0699. The van der Waals surface area contributed by atoms with Gasteiger partial charge in [0.25, 0.3) is 0 Å². The largest absolute Gasteiger partial charge is 0.478 e. The summed E-state index contributed by atoms with van der Waals surface area (Å²) < 4.78 is 5.18. The van der Waals surface area contributed by atoms with Crippen LogP contribution in [0.1, 0.15) is 21.5 Å². The maximum absolute atomic E-state index is 11.9. The van der Waals surface area contributed by atoms with Crippen LogP contribution < -0.4 is 5.32 Å². The molecule has 25 heavy (non-hydrogen) atoms. The molecule has 0 aromatic heterocycles. The third kappa shape index (κ3) is 3.95. The Labute approximate surface area is 144 Å². The summed E-state index contributed by atoms with van der Waals surface area (Å²) in [7, 11) is 0. The molecule has 3 aromatic rings. The van der Waals surface area contributed by atoms with E-state index in [1.165, 1.54) is 0 Å². The number of amides is 1. The lowest BCUT2D eigenvalue weighted by Crippen LogP contribution is -2.23. The Morgan fingerprint density at radius 3 is 2.28 bits per heavy atom. The first-order valence-electron chi connectivity index (χ1n) is 7.83. The van der Waals surface area contributed by atoms with Crippen molar-refractivity contribution in [1.82, 2.24) is 5.32 Å². The van der Waals surface area contributed by atoms with Gasteiger partial charge in [-0.05, 0) is 28.0 Å². The van der Waals surface area contributed by atoms with E-state index in [-0.39, 0.29) is 18.7 Å². The predicted molar refractivity (Wildman–Crippen MR) is 94.4 cm³/mol. The molecule has 0 heterocycles. The maximum Gasteiger partial charge on any atom is 0.407 e. The summed E-state index contributed by atoms with van der Waals surface area (Å²) in [6.07, 6.45) is -0.518. The minimum absolute atomic E-state index is 0.200. The smallest absolute Gasteiger partial charge is 0.407 e. The first-order valence-corrected chi connectivity index (χ1v) is 7.83. The number of rotatable bonds is 5. The third-order valence-corrected chi connectivity index (χ3v) is 3.88. The molecule has 0 aliphatic carbocycles. The van der Waals surface area contributed by atoms with E-state index in [1.54, 1.807) is 24.3 Å². The van der Waals surface area contributed by atoms with E-state index in [0.717, 1.165) is 16.5 Å². The van der Waals surface area contributed by atoms with E-state index in [0.29, 0.717) is 5.39 Å². The van der Waals surface area contributed by atoms with Gasteiger partial charge >= 0.3 is 12.1 Å². The molecule has 0 saturated heterocycles. The summed E-state index contributed by atoms with van der Waals surface area (Å²) in [5.74, 6) is -0.974. The number of hydrogen-bond donors (Lipinski definition) is 2. The molecule has 5 nitrogen and oxygen atoms in total. The van der Waals surface area contributed by atoms with Crippen LogP contribution in [0.2, 0.25) is 0 Å². The number of fused-ring (bicyclic) bond motifs is 1. The SMILES string of the molecule is O=C(NCc1ccc(C(=O)O)c2ccccc12)OCc1ccccc1. The number of hydrogen-bond acceptors (Lipinski definition) is 3. The Hall–Kier alpha value is -3.34. The quantitative estimate of drug-likeness (QED) is 0.740. The molecule has 0 fully saturated rings. The number of carboxylic acid groups (broad SMARTS) is 1. The molecule has 0 aliphatic heterocycles. The molecule has 2 N–H and O–H groups in total. The van der Waals surface area contributed by atoms with Crippen molar-refractivity contribution in [2.75, 3.05) is 0 Å². The van der Waals surface area contributed by atoms with E-state index in [9.17, 15) is 14.7 Å². The van der Waals surface area contributed by atoms with Gasteiger partial charge in [0.1, 0.15) is 6.61 Å². The number of benzene rings is 3. The minimum atomic E-state index is -0.974. The Morgan fingerprint density at radius 2 is 1.56 bits per heavy atom. The van der Waals surface area contributed by atoms with Crippen LogP contribution in [-0.4, -0.2) is 17.2 Å². The summed E-state index contributed by atoms with van der Waals surface area (Å²) in [5, 5.41) is 13.4. The fourth-order valence-electron chi connectivity index (χ4n) is 2.64. The van der Waals surface area contributed by atoms with Gasteiger partial charge in [-0.25, -0.2) is 9.59 Å². The zero-order chi connectivity index (χ0) is 17.6. The molecule has 0 atom stereocenters. The van der Waals surface area contributed by atoms with Crippen LogP contribution in [0, 0.1) is 0 Å². The summed E-state index contributed by atoms with van der Waals surface area (Å²) in [6.45, 7) is 0.458. The summed E-state index contributed by atoms with van der Waals surface area (Å²) in [5.41, 5.74) is 1.98. The fraction of sp³-hybridized carbons (Fsp3) is 0.100. The topological polar surface area (TPSA) is 75.6 Å². The second-order valence-corrected chi connectivity index (χ2v) is 5.54. The summed E-state index contributed by atoms with van der Waals surface area (Å²) in [6, 6.07) is 19.9. The number of nitrogens with one attached hydrogen (secondary N) is 1. The van der Waals surface area contributed by atoms with E-state index in [2.05, 4.69) is 5.32 Å². The first-order chi connectivity index (χ1) is 12.1. The van der Waals surface area contributed by atoms with Gasteiger partial charge in [-0.15, -0.1) is 0 Å². The predicted octanol–water partition coefficient (Wildman–Crippen LogP) is 3.96. The number of ether oxygens (including phenoxy) is 1. The number of carboxylic acids is 1. The van der Waals surface area contributed by atoms with Crippen molar-refractivity contribution in [3.63, 3.8) is 0 Å². The van der Waals surface area contributed by atoms with E-state index in [4.69, 9.17) is 4.74 Å². The average molecular weight is 335 g/mol. The van der Waals surface area contributed by atoms with Crippen LogP contribution in [0.5, 0.6) is 0 Å². The number of carbonyl (C=O) groups is 2. The standard InChI is InChI=1S/C20H17NO4/c22-19(23)18-11-10-15(16-8-4-5-9-17(16)18)12-21-20(24)25-13-14-6-2-1-3-7-14/h1-11H,12-13H2,(H,21,24)(H,22,23). The normalized spacial score (nSPS) is 10.4. The average Bonchev–Trinajstić information content (AvgIpc) is 2.65. The maximum atomic E-state index is 11.9. The number of carbonyl (C=O) groups excluding carboxylic acids is 1. The van der Waals surface area contributed by atoms with Crippen LogP contribution in [0.15, 0.2) is 66.7 Å². The van der Waals surface area contributed by atoms with Gasteiger partial charge in [0.2, 0.25) is 0 Å². The molecule has 3 rings (SSSR count). The summed E-state index contributed by atoms with van der Waals surface area (Å²) >= 11 is 0. The fourth-order valence-corrected chi connectivity index (χ4v) is 2.64. The lowest BCUT2D eigenvalue weighted by Gasteiger charge is -2.11. The molecule has 0 bridgehead atoms. The zero-order valence-electron chi connectivity index (χ0n) is 13.4. The van der Waals surface area contributed by atoms with Crippen molar-refractivity contribution in [2.45, 2.75) is 13.2 Å². The zero-order valence-corrected chi connectivity index (χ0v) is 13.4. The van der Waals surface area contributed by atoms with Gasteiger partial charge in [0.05, 0.1) is 5.56 Å². The van der Waals surface area contributed by atoms with Crippen molar-refractivity contribution < 1.29 is 19.4 Å². The van der Waals surface area contributed by atoms with Crippen molar-refractivity contribution >= 4 is 22.8 Å². The Kier molecular flexibility index (Phi) is 4.95. The van der Waals surface area contributed by atoms with Crippen LogP contribution in [-0.2, 0) is 17.9 Å². The lowest BCUT2D eigenvalue weighted by atomic mass is 9.99. The van der Waals surface area contributed by atoms with Gasteiger partial charge in [-0.2, -0.15) is 0 Å². The molecule has 0 spiro atoms. The molecule has 0 aliphatic rings. The highest BCUT2D eigenvalue weighted by Gasteiger charge is 2.11. The van der Waals surface area contributed by atoms with Crippen molar-refractivity contribution in [2.24, 2.45) is 0 Å². The second-order valence-electron chi connectivity index (χ2n) is 5.54. The van der Waals surface area contributed by atoms with Crippen LogP contribution >= 0.6 is 0 Å². The molecule has 0 unspecified atom stereocenters. The van der Waals surface area contributed by atoms with Gasteiger partial charge in [0.15, 0.2) is 0 Å². The Balaban J connectivity index is 1.68. The highest BCUT2D eigenvalue weighted by molar-refractivity contribution is 6.04. The Bertz CT molecular complexity index is 906. The van der Waals surface area contributed by atoms with Crippen molar-refractivity contribution in [3.05, 3.63) is 83.4 Å². The first kappa shape index (κ1) is 16.5. The summed E-state index contributed by atoms with van der Waals surface area (Å²) in [4.78, 5) is 23.2. The van der Waals surface area contributed by atoms with Crippen molar-refractivity contribution in [3.8, 4) is 0 Å². The van der Waals surface area contributed by atoms with Gasteiger partial charge in [-0.1, -0.05) is 60.7 Å². The van der Waals surface area contributed by atoms with E-state index in [1.807, 2.05) is 42.5 Å². The molecule has 0 radical (unpaired) electrons. The second kappa shape index (κ2) is 7.49. The molecule has 0 saturated carbocycles. The number of aromatic carboxylic acids is 1. The molecular weight excluding hydrogens is 318 g/mol. The van der Waals surface area contributed by atoms with E-state index >= 15 is 0 Å². The molecule has 126 valence electrons. The van der Waals surface area contributed by atoms with Crippen LogP contribution in [0.4, 0.5) is 4.79 Å². The van der Waals surface area contributed by atoms with Gasteiger partial charge in [0, 0.05) is 6.54 Å². The molecule has 1 amide bonds. The minimum Gasteiger partial charge on any atom is -0.478 e. The highest BCUT2D eigenvalue weighted by atomic mass is 16.5. The van der Waals surface area contributed by atoms with Crippen molar-refractivity contribution in [1.29, 1.82) is 0 Å². The highest BCUT2D eigenvalue weighted by Crippen LogP contribution is 2.23. The monoisotopic (exact) mass is 335 g/mol. The molecular formula is C20H17NO4. The van der Waals surface area contributed by atoms with Crippen LogP contribution in [0.3, 0.4) is 0 Å². The number of alkyl carbamates (subject to hydrolysis) is 1. The van der Waals surface area contributed by atoms with Gasteiger partial charge in [-0.3, -0.25) is 0 Å².